The van der Waals surface area contributed by atoms with E-state index in [9.17, 15) is 14.9 Å². The average Bonchev–Trinajstić information content (AvgIpc) is 2.74. The van der Waals surface area contributed by atoms with Gasteiger partial charge in [0.2, 0.25) is 5.91 Å². The molecule has 148 valence electrons. The van der Waals surface area contributed by atoms with Crippen LogP contribution in [0.2, 0.25) is 0 Å². The summed E-state index contributed by atoms with van der Waals surface area (Å²) < 4.78 is 5.20. The molecule has 1 saturated heterocycles. The third-order valence-corrected chi connectivity index (χ3v) is 6.93. The van der Waals surface area contributed by atoms with Crippen LogP contribution in [0, 0.1) is 16.7 Å². The zero-order valence-corrected chi connectivity index (χ0v) is 17.3. The molecule has 1 aromatic carbocycles. The van der Waals surface area contributed by atoms with E-state index in [0.717, 1.165) is 24.8 Å². The molecule has 3 rings (SSSR count). The minimum absolute atomic E-state index is 0.178. The second kappa shape index (κ2) is 8.83. The molecule has 0 aromatic heterocycles. The Morgan fingerprint density at radius 3 is 2.54 bits per heavy atom. The molecule has 2 aliphatic heterocycles. The molecular weight excluding hydrogens is 372 g/mol. The van der Waals surface area contributed by atoms with E-state index in [1.54, 1.807) is 13.8 Å². The molecule has 2 unspecified atom stereocenters. The molecule has 0 N–H and O–H groups in total. The van der Waals surface area contributed by atoms with Gasteiger partial charge in [0.15, 0.2) is 5.41 Å². The highest BCUT2D eigenvalue weighted by atomic mass is 32.2. The molecule has 6 heteroatoms. The lowest BCUT2D eigenvalue weighted by Crippen LogP contribution is -2.51. The number of carbonyl (C=O) groups excluding carboxylic acids is 2. The Labute approximate surface area is 170 Å². The SMILES string of the molecule is CCOC(=O)C1=C(C)C(C#N)(C(=O)N2CCCCC2)C(c2ccccc2)CS1. The molecule has 0 bridgehead atoms. The Bertz CT molecular complexity index is 809. The molecule has 2 aliphatic rings. The molecule has 28 heavy (non-hydrogen) atoms. The summed E-state index contributed by atoms with van der Waals surface area (Å²) in [6, 6.07) is 12.1. The second-order valence-electron chi connectivity index (χ2n) is 7.22. The van der Waals surface area contributed by atoms with Crippen molar-refractivity contribution in [1.82, 2.24) is 4.90 Å². The maximum Gasteiger partial charge on any atom is 0.344 e. The van der Waals surface area contributed by atoms with E-state index >= 15 is 0 Å². The van der Waals surface area contributed by atoms with Crippen LogP contribution in [0.1, 0.15) is 44.6 Å². The maximum atomic E-state index is 13.7. The Hall–Kier alpha value is -2.26. The van der Waals surface area contributed by atoms with Crippen LogP contribution < -0.4 is 0 Å². The van der Waals surface area contributed by atoms with Crippen molar-refractivity contribution >= 4 is 23.6 Å². The van der Waals surface area contributed by atoms with Gasteiger partial charge >= 0.3 is 5.97 Å². The summed E-state index contributed by atoms with van der Waals surface area (Å²) in [4.78, 5) is 28.5. The first kappa shape index (κ1) is 20.5. The van der Waals surface area contributed by atoms with Crippen molar-refractivity contribution in [3.05, 3.63) is 46.4 Å². The number of ether oxygens (including phenoxy) is 1. The summed E-state index contributed by atoms with van der Waals surface area (Å²) >= 11 is 1.39. The Morgan fingerprint density at radius 1 is 1.25 bits per heavy atom. The molecule has 0 spiro atoms. The lowest BCUT2D eigenvalue weighted by molar-refractivity contribution is -0.139. The molecule has 1 aromatic rings. The van der Waals surface area contributed by atoms with Gasteiger partial charge in [-0.25, -0.2) is 4.79 Å². The fraction of sp³-hybridized carbons (Fsp3) is 0.500. The van der Waals surface area contributed by atoms with E-state index < -0.39 is 11.4 Å². The number of benzene rings is 1. The van der Waals surface area contributed by atoms with Crippen LogP contribution in [0.5, 0.6) is 0 Å². The van der Waals surface area contributed by atoms with Gasteiger partial charge in [-0.3, -0.25) is 4.79 Å². The molecule has 0 radical (unpaired) electrons. The number of hydrogen-bond donors (Lipinski definition) is 0. The molecule has 0 aliphatic carbocycles. The topological polar surface area (TPSA) is 70.4 Å². The lowest BCUT2D eigenvalue weighted by Gasteiger charge is -2.42. The molecular formula is C22H26N2O3S. The van der Waals surface area contributed by atoms with Crippen molar-refractivity contribution in [1.29, 1.82) is 5.26 Å². The Kier molecular flexibility index (Phi) is 6.46. The minimum atomic E-state index is -1.38. The van der Waals surface area contributed by atoms with Gasteiger partial charge in [0.25, 0.3) is 0 Å². The maximum absolute atomic E-state index is 13.7. The third kappa shape index (κ3) is 3.56. The van der Waals surface area contributed by atoms with E-state index in [4.69, 9.17) is 4.74 Å². The first-order chi connectivity index (χ1) is 13.6. The number of hydrogen-bond acceptors (Lipinski definition) is 5. The summed E-state index contributed by atoms with van der Waals surface area (Å²) in [6.45, 7) is 5.10. The largest absolute Gasteiger partial charge is 0.462 e. The average molecular weight is 399 g/mol. The number of piperidine rings is 1. The highest BCUT2D eigenvalue weighted by Gasteiger charge is 2.54. The highest BCUT2D eigenvalue weighted by Crippen LogP contribution is 2.52. The predicted octanol–water partition coefficient (Wildman–Crippen LogP) is 3.88. The zero-order valence-electron chi connectivity index (χ0n) is 16.4. The standard InChI is InChI=1S/C22H26N2O3S/c1-3-27-20(25)19-16(2)22(15-23,21(26)24-12-8-5-9-13-24)18(14-28-19)17-10-6-4-7-11-17/h4,6-7,10-11,18H,3,5,8-9,12-14H2,1-2H3. The number of rotatable bonds is 4. The zero-order chi connectivity index (χ0) is 20.1. The molecule has 2 atom stereocenters. The Balaban J connectivity index is 2.13. The Morgan fingerprint density at radius 2 is 1.93 bits per heavy atom. The van der Waals surface area contributed by atoms with Crippen molar-refractivity contribution in [2.24, 2.45) is 5.41 Å². The lowest BCUT2D eigenvalue weighted by atomic mass is 9.67. The molecule has 1 amide bonds. The second-order valence-corrected chi connectivity index (χ2v) is 8.25. The summed E-state index contributed by atoms with van der Waals surface area (Å²) in [5, 5.41) is 10.4. The number of nitrogens with zero attached hydrogens (tertiary/aromatic N) is 2. The first-order valence-electron chi connectivity index (χ1n) is 9.83. The van der Waals surface area contributed by atoms with Crippen LogP contribution in [0.25, 0.3) is 0 Å². The van der Waals surface area contributed by atoms with Gasteiger partial charge < -0.3 is 9.64 Å². The number of carbonyl (C=O) groups is 2. The van der Waals surface area contributed by atoms with E-state index in [1.165, 1.54) is 11.8 Å². The van der Waals surface area contributed by atoms with E-state index in [2.05, 4.69) is 6.07 Å². The summed E-state index contributed by atoms with van der Waals surface area (Å²) in [5.41, 5.74) is 0.0877. The fourth-order valence-corrected chi connectivity index (χ4v) is 5.48. The normalized spacial score (nSPS) is 25.2. The van der Waals surface area contributed by atoms with Crippen molar-refractivity contribution in [3.63, 3.8) is 0 Å². The van der Waals surface area contributed by atoms with Gasteiger partial charge in [-0.1, -0.05) is 30.3 Å². The van der Waals surface area contributed by atoms with Crippen molar-refractivity contribution in [2.75, 3.05) is 25.4 Å². The number of nitriles is 1. The van der Waals surface area contributed by atoms with Gasteiger partial charge in [0.1, 0.15) is 0 Å². The van der Waals surface area contributed by atoms with E-state index in [-0.39, 0.29) is 18.4 Å². The number of amides is 1. The third-order valence-electron chi connectivity index (χ3n) is 5.67. The van der Waals surface area contributed by atoms with Crippen molar-refractivity contribution in [3.8, 4) is 6.07 Å². The monoisotopic (exact) mass is 398 g/mol. The summed E-state index contributed by atoms with van der Waals surface area (Å²) in [7, 11) is 0. The first-order valence-corrected chi connectivity index (χ1v) is 10.8. The number of thioether (sulfide) groups is 1. The highest BCUT2D eigenvalue weighted by molar-refractivity contribution is 8.04. The van der Waals surface area contributed by atoms with Gasteiger partial charge in [-0.15, -0.1) is 11.8 Å². The van der Waals surface area contributed by atoms with Crippen LogP contribution in [0.4, 0.5) is 0 Å². The van der Waals surface area contributed by atoms with Gasteiger partial charge in [-0.05, 0) is 44.2 Å². The fourth-order valence-electron chi connectivity index (χ4n) is 4.15. The van der Waals surface area contributed by atoms with Crippen LogP contribution in [-0.2, 0) is 14.3 Å². The predicted molar refractivity (Wildman–Crippen MR) is 109 cm³/mol. The van der Waals surface area contributed by atoms with Crippen LogP contribution >= 0.6 is 11.8 Å². The molecule has 2 heterocycles. The van der Waals surface area contributed by atoms with Gasteiger partial charge in [0.05, 0.1) is 17.6 Å². The summed E-state index contributed by atoms with van der Waals surface area (Å²) in [5.74, 6) is -0.440. The van der Waals surface area contributed by atoms with E-state index in [0.29, 0.717) is 29.3 Å². The number of likely N-dealkylation sites (tertiary alicyclic amines) is 1. The van der Waals surface area contributed by atoms with Crippen LogP contribution in [-0.4, -0.2) is 42.2 Å². The van der Waals surface area contributed by atoms with Crippen molar-refractivity contribution in [2.45, 2.75) is 39.0 Å². The van der Waals surface area contributed by atoms with E-state index in [1.807, 2.05) is 35.2 Å². The van der Waals surface area contributed by atoms with Crippen LogP contribution in [0.15, 0.2) is 40.8 Å². The molecule has 5 nitrogen and oxygen atoms in total. The molecule has 1 fully saturated rings. The minimum Gasteiger partial charge on any atom is -0.462 e. The van der Waals surface area contributed by atoms with Gasteiger partial charge in [-0.2, -0.15) is 5.26 Å². The van der Waals surface area contributed by atoms with Gasteiger partial charge in [0, 0.05) is 24.8 Å². The quantitative estimate of drug-likeness (QED) is 0.720. The number of esters is 1. The van der Waals surface area contributed by atoms with Crippen LogP contribution in [0.3, 0.4) is 0 Å². The smallest absolute Gasteiger partial charge is 0.344 e. The van der Waals surface area contributed by atoms with Crippen molar-refractivity contribution < 1.29 is 14.3 Å². The summed E-state index contributed by atoms with van der Waals surface area (Å²) in [6.07, 6.45) is 3.00. The molecule has 0 saturated carbocycles.